The monoisotopic (exact) mass is 570 g/mol. The van der Waals surface area contributed by atoms with Crippen LogP contribution in [0.3, 0.4) is 0 Å². The Morgan fingerprint density at radius 3 is 1.57 bits per heavy atom. The third-order valence-electron chi connectivity index (χ3n) is 7.46. The maximum absolute atomic E-state index is 13.5. The number of pyridine rings is 1. The maximum atomic E-state index is 13.5. The fourth-order valence-electron chi connectivity index (χ4n) is 5.63. The molecule has 0 fully saturated rings. The van der Waals surface area contributed by atoms with Gasteiger partial charge in [0.25, 0.3) is 0 Å². The van der Waals surface area contributed by atoms with E-state index in [1.807, 2.05) is 0 Å². The molecule has 3 heterocycles. The van der Waals surface area contributed by atoms with Gasteiger partial charge in [-0.1, -0.05) is 36.4 Å². The predicted molar refractivity (Wildman–Crippen MR) is 148 cm³/mol. The van der Waals surface area contributed by atoms with Gasteiger partial charge in [-0.05, 0) is 48.5 Å². The zero-order chi connectivity index (χ0) is 29.4. The van der Waals surface area contributed by atoms with Crippen LogP contribution in [0.1, 0.15) is 16.7 Å². The Morgan fingerprint density at radius 1 is 0.571 bits per heavy atom. The summed E-state index contributed by atoms with van der Waals surface area (Å²) in [4.78, 5) is 4.62. The van der Waals surface area contributed by atoms with E-state index < -0.39 is 23.5 Å². The molecule has 0 atom stereocenters. The van der Waals surface area contributed by atoms with Crippen LogP contribution in [0.15, 0.2) is 97.2 Å². The molecule has 0 unspecified atom stereocenters. The lowest BCUT2D eigenvalue weighted by Crippen LogP contribution is -2.05. The zero-order valence-corrected chi connectivity index (χ0v) is 21.3. The van der Waals surface area contributed by atoms with Crippen molar-refractivity contribution in [1.29, 1.82) is 5.26 Å². The Labute approximate surface area is 233 Å². The zero-order valence-electron chi connectivity index (χ0n) is 21.3. The highest BCUT2D eigenvalue weighted by molar-refractivity contribution is 6.10. The van der Waals surface area contributed by atoms with Crippen molar-refractivity contribution in [3.05, 3.63) is 114 Å². The van der Waals surface area contributed by atoms with Gasteiger partial charge < -0.3 is 4.57 Å². The molecule has 4 nitrogen and oxygen atoms in total. The molecule has 7 rings (SSSR count). The first-order valence-electron chi connectivity index (χ1n) is 12.7. The SMILES string of the molecule is N#Cc1cc(-n2c3ccccc3c3cc(C(F)(F)F)ccc32)ncc1-n1c2ccccc2c2cc(C(F)(F)F)ccc21. The number of nitriles is 1. The number of halogens is 6. The molecule has 4 aromatic carbocycles. The van der Waals surface area contributed by atoms with E-state index in [9.17, 15) is 31.6 Å². The second kappa shape index (κ2) is 8.85. The average Bonchev–Trinajstić information content (AvgIpc) is 3.48. The third kappa shape index (κ3) is 3.81. The molecule has 10 heteroatoms. The maximum Gasteiger partial charge on any atom is 0.416 e. The number of nitrogens with zero attached hydrogens (tertiary/aromatic N) is 4. The molecule has 3 aromatic heterocycles. The van der Waals surface area contributed by atoms with Crippen molar-refractivity contribution in [3.8, 4) is 17.6 Å². The Bertz CT molecular complexity index is 2250. The normalized spacial score (nSPS) is 12.5. The van der Waals surface area contributed by atoms with Gasteiger partial charge in [0, 0.05) is 27.6 Å². The summed E-state index contributed by atoms with van der Waals surface area (Å²) in [5.41, 5.74) is 1.11. The largest absolute Gasteiger partial charge is 0.416 e. The van der Waals surface area contributed by atoms with Crippen LogP contribution in [0.25, 0.3) is 55.1 Å². The Morgan fingerprint density at radius 2 is 1.05 bits per heavy atom. The highest BCUT2D eigenvalue weighted by Gasteiger charge is 2.32. The summed E-state index contributed by atoms with van der Waals surface area (Å²) in [6.45, 7) is 0. The predicted octanol–water partition coefficient (Wildman–Crippen LogP) is 9.19. The number of hydrogen-bond acceptors (Lipinski definition) is 2. The van der Waals surface area contributed by atoms with E-state index in [0.717, 1.165) is 24.3 Å². The third-order valence-corrected chi connectivity index (χ3v) is 7.46. The summed E-state index contributed by atoms with van der Waals surface area (Å²) in [5.74, 6) is 0.307. The topological polar surface area (TPSA) is 46.5 Å². The Kier molecular flexibility index (Phi) is 5.40. The molecule has 0 bridgehead atoms. The molecule has 0 N–H and O–H groups in total. The standard InChI is InChI=1S/C32H16F6N4/c33-31(34,35)19-9-11-27-23(14-19)21-5-1-3-7-25(21)41(27)29-17-40-30(13-18(29)16-39)42-26-8-4-2-6-22(26)24-15-20(32(36,37)38)10-12-28(24)42/h1-15,17H. The van der Waals surface area contributed by atoms with Crippen molar-refractivity contribution < 1.29 is 26.3 Å². The Hall–Kier alpha value is -5.30. The molecule has 0 aliphatic carbocycles. The summed E-state index contributed by atoms with van der Waals surface area (Å²) >= 11 is 0. The summed E-state index contributed by atoms with van der Waals surface area (Å²) in [5, 5.41) is 12.1. The quantitative estimate of drug-likeness (QED) is 0.195. The molecule has 0 amide bonds. The van der Waals surface area contributed by atoms with Crippen LogP contribution < -0.4 is 0 Å². The molecule has 7 aromatic rings. The number of aromatic nitrogens is 3. The van der Waals surface area contributed by atoms with E-state index in [4.69, 9.17) is 0 Å². The molecule has 206 valence electrons. The lowest BCUT2D eigenvalue weighted by Gasteiger charge is -2.13. The van der Waals surface area contributed by atoms with Gasteiger partial charge in [-0.15, -0.1) is 0 Å². The highest BCUT2D eigenvalue weighted by atomic mass is 19.4. The van der Waals surface area contributed by atoms with Crippen molar-refractivity contribution in [2.75, 3.05) is 0 Å². The molecule has 0 aliphatic rings. The second-order valence-electron chi connectivity index (χ2n) is 9.84. The number of fused-ring (bicyclic) bond motifs is 6. The van der Waals surface area contributed by atoms with Crippen LogP contribution >= 0.6 is 0 Å². The van der Waals surface area contributed by atoms with Gasteiger partial charge in [0.1, 0.15) is 11.9 Å². The summed E-state index contributed by atoms with van der Waals surface area (Å²) in [7, 11) is 0. The van der Waals surface area contributed by atoms with Gasteiger partial charge in [-0.3, -0.25) is 4.57 Å². The van der Waals surface area contributed by atoms with Gasteiger partial charge in [-0.25, -0.2) is 4.98 Å². The van der Waals surface area contributed by atoms with Crippen molar-refractivity contribution in [2.24, 2.45) is 0 Å². The van der Waals surface area contributed by atoms with Crippen molar-refractivity contribution in [2.45, 2.75) is 12.4 Å². The van der Waals surface area contributed by atoms with E-state index in [0.29, 0.717) is 55.1 Å². The summed E-state index contributed by atoms with van der Waals surface area (Å²) in [6.07, 6.45) is -7.59. The number of para-hydroxylation sites is 2. The molecule has 0 radical (unpaired) electrons. The fraction of sp³-hybridized carbons (Fsp3) is 0.0625. The first-order chi connectivity index (χ1) is 20.1. The second-order valence-corrected chi connectivity index (χ2v) is 9.84. The van der Waals surface area contributed by atoms with Crippen LogP contribution in [-0.4, -0.2) is 14.1 Å². The minimum atomic E-state index is -4.53. The minimum absolute atomic E-state index is 0.181. The van der Waals surface area contributed by atoms with Gasteiger partial charge in [-0.2, -0.15) is 31.6 Å². The van der Waals surface area contributed by atoms with E-state index in [1.54, 1.807) is 57.7 Å². The van der Waals surface area contributed by atoms with E-state index >= 15 is 0 Å². The Balaban J connectivity index is 1.48. The van der Waals surface area contributed by atoms with Crippen molar-refractivity contribution in [1.82, 2.24) is 14.1 Å². The number of alkyl halides is 6. The highest BCUT2D eigenvalue weighted by Crippen LogP contribution is 2.39. The minimum Gasteiger partial charge on any atom is -0.306 e. The van der Waals surface area contributed by atoms with Crippen LogP contribution in [0.5, 0.6) is 0 Å². The van der Waals surface area contributed by atoms with E-state index in [1.165, 1.54) is 24.4 Å². The van der Waals surface area contributed by atoms with Crippen LogP contribution in [0.4, 0.5) is 26.3 Å². The fourth-order valence-corrected chi connectivity index (χ4v) is 5.63. The molecule has 42 heavy (non-hydrogen) atoms. The lowest BCUT2D eigenvalue weighted by atomic mass is 10.1. The first kappa shape index (κ1) is 25.7. The summed E-state index contributed by atoms with van der Waals surface area (Å²) in [6, 6.07) is 24.6. The van der Waals surface area contributed by atoms with E-state index in [2.05, 4.69) is 11.1 Å². The molecule has 0 saturated heterocycles. The smallest absolute Gasteiger partial charge is 0.306 e. The molecule has 0 spiro atoms. The lowest BCUT2D eigenvalue weighted by molar-refractivity contribution is -0.138. The van der Waals surface area contributed by atoms with Gasteiger partial charge in [0.05, 0.1) is 50.6 Å². The van der Waals surface area contributed by atoms with Crippen LogP contribution in [0.2, 0.25) is 0 Å². The number of hydrogen-bond donors (Lipinski definition) is 0. The van der Waals surface area contributed by atoms with Crippen LogP contribution in [0, 0.1) is 11.3 Å². The van der Waals surface area contributed by atoms with Crippen molar-refractivity contribution >= 4 is 43.6 Å². The molecule has 0 saturated carbocycles. The molecule has 0 aliphatic heterocycles. The average molecular weight is 570 g/mol. The van der Waals surface area contributed by atoms with Gasteiger partial charge in [0.2, 0.25) is 0 Å². The van der Waals surface area contributed by atoms with Crippen molar-refractivity contribution in [3.63, 3.8) is 0 Å². The van der Waals surface area contributed by atoms with Gasteiger partial charge in [0.15, 0.2) is 0 Å². The number of benzene rings is 4. The van der Waals surface area contributed by atoms with E-state index in [-0.39, 0.29) is 5.56 Å². The molecular weight excluding hydrogens is 554 g/mol. The summed E-state index contributed by atoms with van der Waals surface area (Å²) < 4.78 is 84.5. The number of rotatable bonds is 2. The molecular formula is C32H16F6N4. The van der Waals surface area contributed by atoms with Gasteiger partial charge >= 0.3 is 12.4 Å². The first-order valence-corrected chi connectivity index (χ1v) is 12.7. The van der Waals surface area contributed by atoms with Crippen LogP contribution in [-0.2, 0) is 12.4 Å².